The molecule has 0 saturated heterocycles. The van der Waals surface area contributed by atoms with Gasteiger partial charge in [-0.15, -0.1) is 0 Å². The van der Waals surface area contributed by atoms with Crippen molar-refractivity contribution < 1.29 is 9.51 Å². The van der Waals surface area contributed by atoms with Crippen molar-refractivity contribution >= 4 is 5.78 Å². The zero-order chi connectivity index (χ0) is 11.1. The summed E-state index contributed by atoms with van der Waals surface area (Å²) in [4.78, 5) is 7.20. The summed E-state index contributed by atoms with van der Waals surface area (Å²) in [5, 5.41) is 10.2. The molecule has 0 fully saturated rings. The van der Waals surface area contributed by atoms with Crippen LogP contribution in [0.25, 0.3) is 5.78 Å². The zero-order valence-corrected chi connectivity index (χ0v) is 9.23. The third-order valence-corrected chi connectivity index (χ3v) is 2.47. The molecule has 2 aromatic rings. The van der Waals surface area contributed by atoms with Crippen molar-refractivity contribution in [3.8, 4) is 0 Å². The number of H-pyrrole nitrogens is 1. The van der Waals surface area contributed by atoms with Gasteiger partial charge in [-0.05, 0) is 5.41 Å². The number of rotatable bonds is 1. The summed E-state index contributed by atoms with van der Waals surface area (Å²) in [6.07, 6.45) is 4.90. The molecule has 1 unspecified atom stereocenters. The van der Waals surface area contributed by atoms with E-state index in [1.165, 1.54) is 0 Å². The molecule has 0 amide bonds. The predicted octanol–water partition coefficient (Wildman–Crippen LogP) is 1.23. The number of nitrogens with one attached hydrogen (secondary N) is 1. The van der Waals surface area contributed by atoms with Crippen LogP contribution in [0.5, 0.6) is 0 Å². The van der Waals surface area contributed by atoms with Crippen LogP contribution in [0.2, 0.25) is 0 Å². The molecule has 0 spiro atoms. The third-order valence-electron chi connectivity index (χ3n) is 2.47. The molecule has 80 valence electrons. The highest BCUT2D eigenvalue weighted by atomic mass is 16.3. The first-order valence-electron chi connectivity index (χ1n) is 5.02. The second-order valence-corrected chi connectivity index (χ2v) is 4.80. The van der Waals surface area contributed by atoms with Gasteiger partial charge >= 0.3 is 5.78 Å². The maximum absolute atomic E-state index is 10.2. The van der Waals surface area contributed by atoms with E-state index in [1.54, 1.807) is 12.4 Å². The van der Waals surface area contributed by atoms with Crippen molar-refractivity contribution in [3.05, 3.63) is 30.4 Å². The number of aliphatic hydroxyl groups is 1. The van der Waals surface area contributed by atoms with E-state index in [2.05, 4.69) is 9.97 Å². The highest BCUT2D eigenvalue weighted by Crippen LogP contribution is 2.30. The Hall–Kier alpha value is -1.42. The first kappa shape index (κ1) is 10.1. The summed E-state index contributed by atoms with van der Waals surface area (Å²) >= 11 is 0. The van der Waals surface area contributed by atoms with E-state index in [0.717, 1.165) is 11.5 Å². The van der Waals surface area contributed by atoms with E-state index in [-0.39, 0.29) is 5.41 Å². The Morgan fingerprint density at radius 2 is 2.20 bits per heavy atom. The van der Waals surface area contributed by atoms with Crippen LogP contribution in [-0.2, 0) is 0 Å². The number of nitrogens with zero attached hydrogens (tertiary/aromatic N) is 2. The van der Waals surface area contributed by atoms with Gasteiger partial charge < -0.3 is 5.11 Å². The SMILES string of the molecule is CC(C)(C)C(O)c1c[nH]c2nccc[n+]12. The predicted molar refractivity (Wildman–Crippen MR) is 56.2 cm³/mol. The topological polar surface area (TPSA) is 53.0 Å². The van der Waals surface area contributed by atoms with Crippen LogP contribution in [0.15, 0.2) is 24.7 Å². The van der Waals surface area contributed by atoms with Gasteiger partial charge in [0, 0.05) is 6.07 Å². The van der Waals surface area contributed by atoms with Gasteiger partial charge in [-0.25, -0.2) is 9.38 Å². The van der Waals surface area contributed by atoms with Crippen molar-refractivity contribution in [2.24, 2.45) is 5.41 Å². The molecule has 0 saturated carbocycles. The number of fused-ring (bicyclic) bond motifs is 1. The third kappa shape index (κ3) is 1.72. The molecular weight excluding hydrogens is 190 g/mol. The minimum absolute atomic E-state index is 0.183. The first-order valence-corrected chi connectivity index (χ1v) is 5.02. The van der Waals surface area contributed by atoms with Crippen molar-refractivity contribution in [2.75, 3.05) is 0 Å². The van der Waals surface area contributed by atoms with Gasteiger partial charge in [-0.3, -0.25) is 0 Å². The van der Waals surface area contributed by atoms with Crippen LogP contribution >= 0.6 is 0 Å². The Kier molecular flexibility index (Phi) is 2.23. The van der Waals surface area contributed by atoms with Crippen molar-refractivity contribution in [1.82, 2.24) is 9.97 Å². The molecule has 0 aliphatic rings. The van der Waals surface area contributed by atoms with Crippen molar-refractivity contribution in [3.63, 3.8) is 0 Å². The maximum Gasteiger partial charge on any atom is 0.401 e. The normalized spacial score (nSPS) is 14.4. The van der Waals surface area contributed by atoms with Gasteiger partial charge in [0.15, 0.2) is 0 Å². The molecule has 0 radical (unpaired) electrons. The summed E-state index contributed by atoms with van der Waals surface area (Å²) in [5.41, 5.74) is 0.656. The largest absolute Gasteiger partial charge is 0.401 e. The molecule has 0 aliphatic carbocycles. The maximum atomic E-state index is 10.2. The number of aromatic amines is 1. The minimum Gasteiger partial charge on any atom is -0.385 e. The molecule has 4 heteroatoms. The van der Waals surface area contributed by atoms with Crippen LogP contribution in [0.1, 0.15) is 32.6 Å². The fraction of sp³-hybridized carbons (Fsp3) is 0.455. The Morgan fingerprint density at radius 3 is 2.87 bits per heavy atom. The number of aromatic nitrogens is 3. The van der Waals surface area contributed by atoms with E-state index in [0.29, 0.717) is 0 Å². The monoisotopic (exact) mass is 206 g/mol. The molecule has 15 heavy (non-hydrogen) atoms. The van der Waals surface area contributed by atoms with Gasteiger partial charge in [0.1, 0.15) is 24.2 Å². The Morgan fingerprint density at radius 1 is 1.47 bits per heavy atom. The van der Waals surface area contributed by atoms with Gasteiger partial charge in [0.2, 0.25) is 0 Å². The molecule has 2 rings (SSSR count). The highest BCUT2D eigenvalue weighted by molar-refractivity contribution is 5.17. The minimum atomic E-state index is -0.513. The lowest BCUT2D eigenvalue weighted by molar-refractivity contribution is -0.530. The lowest BCUT2D eigenvalue weighted by Crippen LogP contribution is -2.31. The lowest BCUT2D eigenvalue weighted by Gasteiger charge is -2.23. The molecule has 0 aromatic carbocycles. The smallest absolute Gasteiger partial charge is 0.385 e. The Bertz CT molecular complexity index is 470. The van der Waals surface area contributed by atoms with E-state index in [9.17, 15) is 5.11 Å². The standard InChI is InChI=1S/C11H15N3O/c1-11(2,3)9(15)8-7-13-10-12-5-4-6-14(8)10/h4-7,9,15H,1-3H3/p+1. The quantitative estimate of drug-likeness (QED) is 0.689. The number of aliphatic hydroxyl groups excluding tert-OH is 1. The Labute approximate surface area is 88.6 Å². The van der Waals surface area contributed by atoms with Gasteiger partial charge in [-0.1, -0.05) is 25.8 Å². The molecular formula is C11H16N3O+. The fourth-order valence-electron chi connectivity index (χ4n) is 1.55. The Balaban J connectivity index is 2.53. The average Bonchev–Trinajstić information content (AvgIpc) is 2.58. The highest BCUT2D eigenvalue weighted by Gasteiger charge is 2.29. The molecule has 2 heterocycles. The van der Waals surface area contributed by atoms with E-state index in [1.807, 2.05) is 37.4 Å². The van der Waals surface area contributed by atoms with Crippen LogP contribution in [0.4, 0.5) is 0 Å². The average molecular weight is 206 g/mol. The summed E-state index contributed by atoms with van der Waals surface area (Å²) in [7, 11) is 0. The molecule has 1 atom stereocenters. The molecule has 2 N–H and O–H groups in total. The van der Waals surface area contributed by atoms with Crippen LogP contribution in [0, 0.1) is 5.41 Å². The van der Waals surface area contributed by atoms with E-state index in [4.69, 9.17) is 0 Å². The summed E-state index contributed by atoms with van der Waals surface area (Å²) in [6.45, 7) is 6.02. The zero-order valence-electron chi connectivity index (χ0n) is 9.23. The summed E-state index contributed by atoms with van der Waals surface area (Å²) in [5.74, 6) is 0.746. The summed E-state index contributed by atoms with van der Waals surface area (Å²) in [6, 6.07) is 1.85. The van der Waals surface area contributed by atoms with Crippen LogP contribution < -0.4 is 4.40 Å². The molecule has 4 nitrogen and oxygen atoms in total. The van der Waals surface area contributed by atoms with Gasteiger partial charge in [0.05, 0.1) is 6.20 Å². The molecule has 0 aliphatic heterocycles. The second-order valence-electron chi connectivity index (χ2n) is 4.80. The van der Waals surface area contributed by atoms with Crippen molar-refractivity contribution in [1.29, 1.82) is 0 Å². The van der Waals surface area contributed by atoms with Gasteiger partial charge in [-0.2, -0.15) is 0 Å². The molecule has 2 aromatic heterocycles. The lowest BCUT2D eigenvalue weighted by atomic mass is 9.87. The number of imidazole rings is 1. The van der Waals surface area contributed by atoms with E-state index >= 15 is 0 Å². The van der Waals surface area contributed by atoms with E-state index < -0.39 is 6.10 Å². The second kappa shape index (κ2) is 3.31. The van der Waals surface area contributed by atoms with Crippen molar-refractivity contribution in [2.45, 2.75) is 26.9 Å². The van der Waals surface area contributed by atoms with Crippen LogP contribution in [0.3, 0.4) is 0 Å². The van der Waals surface area contributed by atoms with Crippen LogP contribution in [-0.4, -0.2) is 15.1 Å². The van der Waals surface area contributed by atoms with Gasteiger partial charge in [0.25, 0.3) is 0 Å². The number of hydrogen-bond acceptors (Lipinski definition) is 2. The number of hydrogen-bond donors (Lipinski definition) is 2. The fourth-order valence-corrected chi connectivity index (χ4v) is 1.55. The molecule has 0 bridgehead atoms. The summed E-state index contributed by atoms with van der Waals surface area (Å²) < 4.78 is 1.87. The first-order chi connectivity index (χ1) is 7.00.